The molecule has 0 aromatic heterocycles. The van der Waals surface area contributed by atoms with Gasteiger partial charge in [0.15, 0.2) is 0 Å². The third-order valence-corrected chi connectivity index (χ3v) is 5.12. The molecule has 4 aliphatic carbocycles. The number of rotatable bonds is 2. The SMILES string of the molecule is COC(=O)C(C)=CC12CC3CC(CC(C3)C1)C2. The summed E-state index contributed by atoms with van der Waals surface area (Å²) in [5.41, 5.74) is 1.15. The molecule has 0 aromatic carbocycles. The molecule has 0 N–H and O–H groups in total. The van der Waals surface area contributed by atoms with Gasteiger partial charge in [-0.15, -0.1) is 0 Å². The van der Waals surface area contributed by atoms with Crippen LogP contribution in [0.3, 0.4) is 0 Å². The fourth-order valence-corrected chi connectivity index (χ4v) is 5.03. The van der Waals surface area contributed by atoms with E-state index in [1.165, 1.54) is 45.6 Å². The number of esters is 1. The highest BCUT2D eigenvalue weighted by atomic mass is 16.5. The minimum absolute atomic E-state index is 0.152. The van der Waals surface area contributed by atoms with Crippen molar-refractivity contribution in [3.63, 3.8) is 0 Å². The fraction of sp³-hybridized carbons (Fsp3) is 0.800. The highest BCUT2D eigenvalue weighted by molar-refractivity contribution is 5.87. The molecule has 2 nitrogen and oxygen atoms in total. The molecule has 4 saturated carbocycles. The second kappa shape index (κ2) is 3.86. The molecule has 0 aliphatic heterocycles. The first-order valence-electron chi connectivity index (χ1n) is 6.88. The van der Waals surface area contributed by atoms with Gasteiger partial charge >= 0.3 is 5.97 Å². The maximum Gasteiger partial charge on any atom is 0.333 e. The Morgan fingerprint density at radius 3 is 2.00 bits per heavy atom. The fourth-order valence-electron chi connectivity index (χ4n) is 5.03. The zero-order valence-electron chi connectivity index (χ0n) is 10.9. The highest BCUT2D eigenvalue weighted by Crippen LogP contribution is 2.60. The summed E-state index contributed by atoms with van der Waals surface area (Å²) < 4.78 is 4.82. The molecule has 0 radical (unpaired) electrons. The van der Waals surface area contributed by atoms with Crippen LogP contribution in [0.15, 0.2) is 11.6 Å². The van der Waals surface area contributed by atoms with Crippen LogP contribution in [0.5, 0.6) is 0 Å². The molecule has 2 heteroatoms. The zero-order valence-corrected chi connectivity index (χ0v) is 10.9. The Hall–Kier alpha value is -0.790. The standard InChI is InChI=1S/C15H22O2/c1-10(14(16)17-2)6-15-7-11-3-12(8-15)5-13(4-11)9-15/h6,11-13H,3-5,7-9H2,1-2H3. The van der Waals surface area contributed by atoms with Gasteiger partial charge in [0.25, 0.3) is 0 Å². The molecule has 17 heavy (non-hydrogen) atoms. The topological polar surface area (TPSA) is 26.3 Å². The lowest BCUT2D eigenvalue weighted by molar-refractivity contribution is -0.136. The van der Waals surface area contributed by atoms with Crippen molar-refractivity contribution < 1.29 is 9.53 Å². The van der Waals surface area contributed by atoms with Gasteiger partial charge in [0.05, 0.1) is 7.11 Å². The van der Waals surface area contributed by atoms with Crippen molar-refractivity contribution in [1.82, 2.24) is 0 Å². The lowest BCUT2D eigenvalue weighted by atomic mass is 9.49. The maximum atomic E-state index is 11.5. The minimum atomic E-state index is -0.152. The number of allylic oxidation sites excluding steroid dienone is 1. The summed E-state index contributed by atoms with van der Waals surface area (Å²) in [6.07, 6.45) is 10.5. The van der Waals surface area contributed by atoms with Crippen LogP contribution in [-0.2, 0) is 9.53 Å². The van der Waals surface area contributed by atoms with Gasteiger partial charge in [-0.1, -0.05) is 6.08 Å². The summed E-state index contributed by atoms with van der Waals surface area (Å²) in [5, 5.41) is 0. The van der Waals surface area contributed by atoms with Crippen LogP contribution >= 0.6 is 0 Å². The molecule has 0 spiro atoms. The van der Waals surface area contributed by atoms with Gasteiger partial charge in [-0.25, -0.2) is 4.79 Å². The number of hydrogen-bond acceptors (Lipinski definition) is 2. The maximum absolute atomic E-state index is 11.5. The van der Waals surface area contributed by atoms with E-state index in [1.54, 1.807) is 0 Å². The molecular weight excluding hydrogens is 212 g/mol. The summed E-state index contributed by atoms with van der Waals surface area (Å²) in [5.74, 6) is 2.65. The van der Waals surface area contributed by atoms with E-state index in [2.05, 4.69) is 6.08 Å². The van der Waals surface area contributed by atoms with Gasteiger partial charge in [-0.05, 0) is 68.6 Å². The minimum Gasteiger partial charge on any atom is -0.466 e. The zero-order chi connectivity index (χ0) is 12.0. The van der Waals surface area contributed by atoms with Crippen LogP contribution in [0, 0.1) is 23.2 Å². The van der Waals surface area contributed by atoms with Crippen molar-refractivity contribution in [3.05, 3.63) is 11.6 Å². The molecule has 0 heterocycles. The van der Waals surface area contributed by atoms with Crippen LogP contribution in [0.2, 0.25) is 0 Å². The molecule has 4 aliphatic rings. The molecule has 4 bridgehead atoms. The normalized spacial score (nSPS) is 43.9. The summed E-state index contributed by atoms with van der Waals surface area (Å²) in [6, 6.07) is 0. The predicted molar refractivity (Wildman–Crippen MR) is 66.4 cm³/mol. The van der Waals surface area contributed by atoms with E-state index in [1.807, 2.05) is 6.92 Å². The first-order chi connectivity index (χ1) is 8.10. The second-order valence-electron chi connectivity index (χ2n) is 6.60. The Kier molecular flexibility index (Phi) is 2.57. The summed E-state index contributed by atoms with van der Waals surface area (Å²) in [4.78, 5) is 11.5. The van der Waals surface area contributed by atoms with Gasteiger partial charge < -0.3 is 4.74 Å². The first-order valence-corrected chi connectivity index (χ1v) is 6.88. The van der Waals surface area contributed by atoms with Crippen LogP contribution in [0.1, 0.15) is 45.4 Å². The summed E-state index contributed by atoms with van der Waals surface area (Å²) in [7, 11) is 1.47. The summed E-state index contributed by atoms with van der Waals surface area (Å²) in [6.45, 7) is 1.91. The van der Waals surface area contributed by atoms with E-state index in [-0.39, 0.29) is 5.97 Å². The van der Waals surface area contributed by atoms with Crippen molar-refractivity contribution in [2.75, 3.05) is 7.11 Å². The number of carbonyl (C=O) groups is 1. The highest BCUT2D eigenvalue weighted by Gasteiger charge is 2.49. The molecule has 4 fully saturated rings. The van der Waals surface area contributed by atoms with E-state index in [0.29, 0.717) is 5.41 Å². The third-order valence-electron chi connectivity index (χ3n) is 5.12. The first kappa shape index (κ1) is 11.3. The van der Waals surface area contributed by atoms with Gasteiger partial charge in [0, 0.05) is 5.57 Å². The average molecular weight is 234 g/mol. The number of ether oxygens (including phenoxy) is 1. The number of carbonyl (C=O) groups excluding carboxylic acids is 1. The molecule has 0 aromatic rings. The molecule has 0 amide bonds. The largest absolute Gasteiger partial charge is 0.466 e. The third kappa shape index (κ3) is 1.92. The Balaban J connectivity index is 1.85. The van der Waals surface area contributed by atoms with Gasteiger partial charge in [-0.3, -0.25) is 0 Å². The molecule has 0 unspecified atom stereocenters. The van der Waals surface area contributed by atoms with Crippen molar-refractivity contribution in [1.29, 1.82) is 0 Å². The van der Waals surface area contributed by atoms with Gasteiger partial charge in [0.1, 0.15) is 0 Å². The van der Waals surface area contributed by atoms with Crippen molar-refractivity contribution >= 4 is 5.97 Å². The molecule has 4 rings (SSSR count). The Labute approximate surface area is 103 Å². The Morgan fingerprint density at radius 1 is 1.12 bits per heavy atom. The van der Waals surface area contributed by atoms with E-state index in [0.717, 1.165) is 23.3 Å². The van der Waals surface area contributed by atoms with E-state index < -0.39 is 0 Å². The molecule has 0 atom stereocenters. The van der Waals surface area contributed by atoms with Crippen molar-refractivity contribution in [3.8, 4) is 0 Å². The van der Waals surface area contributed by atoms with E-state index in [4.69, 9.17) is 4.74 Å². The lowest BCUT2D eigenvalue weighted by Crippen LogP contribution is -2.45. The van der Waals surface area contributed by atoms with Crippen LogP contribution < -0.4 is 0 Å². The second-order valence-corrected chi connectivity index (χ2v) is 6.60. The van der Waals surface area contributed by atoms with Crippen molar-refractivity contribution in [2.45, 2.75) is 45.4 Å². The van der Waals surface area contributed by atoms with Crippen LogP contribution in [-0.4, -0.2) is 13.1 Å². The molecule has 94 valence electrons. The Morgan fingerprint density at radius 2 is 1.59 bits per heavy atom. The monoisotopic (exact) mass is 234 g/mol. The number of methoxy groups -OCH3 is 1. The van der Waals surface area contributed by atoms with Crippen molar-refractivity contribution in [2.24, 2.45) is 23.2 Å². The lowest BCUT2D eigenvalue weighted by Gasteiger charge is -2.56. The Bertz CT molecular complexity index is 332. The van der Waals surface area contributed by atoms with Crippen LogP contribution in [0.25, 0.3) is 0 Å². The smallest absolute Gasteiger partial charge is 0.333 e. The van der Waals surface area contributed by atoms with Gasteiger partial charge in [0.2, 0.25) is 0 Å². The van der Waals surface area contributed by atoms with Gasteiger partial charge in [-0.2, -0.15) is 0 Å². The van der Waals surface area contributed by atoms with E-state index >= 15 is 0 Å². The molecular formula is C15H22O2. The predicted octanol–water partition coefficient (Wildman–Crippen LogP) is 3.32. The average Bonchev–Trinajstić information content (AvgIpc) is 2.25. The molecule has 0 saturated heterocycles. The number of hydrogen-bond donors (Lipinski definition) is 0. The van der Waals surface area contributed by atoms with Crippen LogP contribution in [0.4, 0.5) is 0 Å². The van der Waals surface area contributed by atoms with E-state index in [9.17, 15) is 4.79 Å². The quantitative estimate of drug-likeness (QED) is 0.541. The summed E-state index contributed by atoms with van der Waals surface area (Å²) >= 11 is 0.